The Hall–Kier alpha value is -2.24. The summed E-state index contributed by atoms with van der Waals surface area (Å²) < 4.78 is 10.5. The van der Waals surface area contributed by atoms with Crippen LogP contribution < -0.4 is 14.8 Å². The zero-order valence-corrected chi connectivity index (χ0v) is 14.0. The van der Waals surface area contributed by atoms with Gasteiger partial charge in [0.1, 0.15) is 11.5 Å². The third-order valence-electron chi connectivity index (χ3n) is 5.47. The van der Waals surface area contributed by atoms with Crippen LogP contribution in [0.15, 0.2) is 18.2 Å². The van der Waals surface area contributed by atoms with Gasteiger partial charge in [0, 0.05) is 6.07 Å². The molecule has 0 aliphatic heterocycles. The first-order valence-corrected chi connectivity index (χ1v) is 8.30. The van der Waals surface area contributed by atoms with Crippen molar-refractivity contribution in [2.45, 2.75) is 25.7 Å². The molecule has 0 radical (unpaired) electrons. The summed E-state index contributed by atoms with van der Waals surface area (Å²) in [6.45, 7) is 0. The summed E-state index contributed by atoms with van der Waals surface area (Å²) in [4.78, 5) is 24.6. The molecule has 2 atom stereocenters. The van der Waals surface area contributed by atoms with E-state index in [1.165, 1.54) is 7.11 Å². The van der Waals surface area contributed by atoms with Gasteiger partial charge in [-0.2, -0.15) is 0 Å². The molecule has 3 aliphatic rings. The molecule has 0 aromatic heterocycles. The highest BCUT2D eigenvalue weighted by molar-refractivity contribution is 5.97. The smallest absolute Gasteiger partial charge is 0.307 e. The molecule has 24 heavy (non-hydrogen) atoms. The van der Waals surface area contributed by atoms with Crippen molar-refractivity contribution in [3.63, 3.8) is 0 Å². The van der Waals surface area contributed by atoms with Crippen molar-refractivity contribution in [1.82, 2.24) is 0 Å². The van der Waals surface area contributed by atoms with Crippen LogP contribution in [0.3, 0.4) is 0 Å². The Morgan fingerprint density at radius 3 is 2.21 bits per heavy atom. The number of carbonyl (C=O) groups is 2. The van der Waals surface area contributed by atoms with Crippen LogP contribution in [0.25, 0.3) is 0 Å². The molecule has 3 aliphatic carbocycles. The van der Waals surface area contributed by atoms with Crippen LogP contribution in [0.1, 0.15) is 25.7 Å². The molecule has 1 aromatic rings. The lowest BCUT2D eigenvalue weighted by atomic mass is 9.58. The minimum Gasteiger partial charge on any atom is -0.497 e. The quantitative estimate of drug-likeness (QED) is 0.865. The highest BCUT2D eigenvalue weighted by Gasteiger charge is 2.50. The van der Waals surface area contributed by atoms with Gasteiger partial charge in [-0.05, 0) is 49.7 Å². The summed E-state index contributed by atoms with van der Waals surface area (Å²) >= 11 is 0. The van der Waals surface area contributed by atoms with Crippen LogP contribution in [-0.4, -0.2) is 31.2 Å². The molecule has 1 aromatic carbocycles. The summed E-state index contributed by atoms with van der Waals surface area (Å²) in [7, 11) is 3.08. The number of nitrogens with one attached hydrogen (secondary N) is 1. The first kappa shape index (κ1) is 16.6. The summed E-state index contributed by atoms with van der Waals surface area (Å²) in [6.07, 6.45) is 3.69. The lowest BCUT2D eigenvalue weighted by Crippen LogP contribution is -2.49. The second-order valence-corrected chi connectivity index (χ2v) is 6.62. The predicted octanol–water partition coefficient (Wildman–Crippen LogP) is 2.78. The van der Waals surface area contributed by atoms with E-state index in [2.05, 4.69) is 5.32 Å². The van der Waals surface area contributed by atoms with E-state index >= 15 is 0 Å². The lowest BCUT2D eigenvalue weighted by Gasteiger charge is -2.45. The van der Waals surface area contributed by atoms with Crippen molar-refractivity contribution in [1.29, 1.82) is 0 Å². The van der Waals surface area contributed by atoms with Crippen molar-refractivity contribution in [2.75, 3.05) is 19.5 Å². The highest BCUT2D eigenvalue weighted by Crippen LogP contribution is 2.49. The van der Waals surface area contributed by atoms with Crippen LogP contribution in [0.4, 0.5) is 5.69 Å². The summed E-state index contributed by atoms with van der Waals surface area (Å²) in [5, 5.41) is 12.5. The van der Waals surface area contributed by atoms with Gasteiger partial charge < -0.3 is 19.9 Å². The van der Waals surface area contributed by atoms with Gasteiger partial charge in [0.2, 0.25) is 5.91 Å². The highest BCUT2D eigenvalue weighted by atomic mass is 16.5. The van der Waals surface area contributed by atoms with Crippen LogP contribution >= 0.6 is 0 Å². The second-order valence-electron chi connectivity index (χ2n) is 6.62. The van der Waals surface area contributed by atoms with Crippen molar-refractivity contribution in [3.8, 4) is 11.5 Å². The molecular formula is C18H23NO5. The number of anilines is 1. The van der Waals surface area contributed by atoms with Crippen molar-refractivity contribution in [3.05, 3.63) is 18.2 Å². The Morgan fingerprint density at radius 1 is 1.04 bits per heavy atom. The molecule has 1 amide bonds. The molecule has 6 nitrogen and oxygen atoms in total. The summed E-state index contributed by atoms with van der Waals surface area (Å²) in [5.41, 5.74) is 0.507. The Balaban J connectivity index is 1.85. The number of hydrogen-bond acceptors (Lipinski definition) is 4. The third kappa shape index (κ3) is 2.92. The predicted molar refractivity (Wildman–Crippen MR) is 88.2 cm³/mol. The molecule has 3 fully saturated rings. The molecule has 4 rings (SSSR count). The van der Waals surface area contributed by atoms with Gasteiger partial charge in [-0.25, -0.2) is 0 Å². The van der Waals surface area contributed by atoms with Crippen molar-refractivity contribution >= 4 is 17.6 Å². The van der Waals surface area contributed by atoms with Crippen LogP contribution in [0, 0.1) is 23.7 Å². The minimum absolute atomic E-state index is 0.107. The normalized spacial score (nSPS) is 28.2. The number of carboxylic acids is 1. The number of ether oxygens (including phenoxy) is 2. The van der Waals surface area contributed by atoms with E-state index in [-0.39, 0.29) is 17.7 Å². The maximum Gasteiger partial charge on any atom is 0.307 e. The van der Waals surface area contributed by atoms with Gasteiger partial charge in [0.15, 0.2) is 0 Å². The number of fused-ring (bicyclic) bond motifs is 3. The van der Waals surface area contributed by atoms with Crippen LogP contribution in [0.5, 0.6) is 11.5 Å². The Labute approximate surface area is 141 Å². The Morgan fingerprint density at radius 2 is 1.67 bits per heavy atom. The van der Waals surface area contributed by atoms with Gasteiger partial charge in [-0.15, -0.1) is 0 Å². The zero-order valence-electron chi connectivity index (χ0n) is 14.0. The zero-order chi connectivity index (χ0) is 17.3. The fourth-order valence-electron chi connectivity index (χ4n) is 4.31. The number of carbonyl (C=O) groups excluding carboxylic acids is 1. The van der Waals surface area contributed by atoms with Crippen LogP contribution in [0.2, 0.25) is 0 Å². The fraction of sp³-hybridized carbons (Fsp3) is 0.556. The van der Waals surface area contributed by atoms with E-state index in [0.29, 0.717) is 17.2 Å². The topological polar surface area (TPSA) is 84.9 Å². The maximum absolute atomic E-state index is 12.9. The van der Waals surface area contributed by atoms with Gasteiger partial charge in [0.05, 0.1) is 31.7 Å². The molecule has 2 bridgehead atoms. The number of hydrogen-bond donors (Lipinski definition) is 2. The molecule has 2 N–H and O–H groups in total. The number of carboxylic acid groups (broad SMARTS) is 1. The Kier molecular flexibility index (Phi) is 4.64. The Bertz CT molecular complexity index is 636. The fourth-order valence-corrected chi connectivity index (χ4v) is 4.31. The maximum atomic E-state index is 12.9. The average molecular weight is 333 g/mol. The molecule has 6 heteroatoms. The van der Waals surface area contributed by atoms with Gasteiger partial charge in [0.25, 0.3) is 0 Å². The summed E-state index contributed by atoms with van der Waals surface area (Å²) in [5.74, 6) is -0.781. The molecule has 0 heterocycles. The monoisotopic (exact) mass is 333 g/mol. The van der Waals surface area contributed by atoms with E-state index < -0.39 is 17.8 Å². The van der Waals surface area contributed by atoms with Crippen molar-refractivity contribution in [2.24, 2.45) is 23.7 Å². The molecule has 130 valence electrons. The molecule has 0 unspecified atom stereocenters. The number of rotatable bonds is 5. The molecule has 0 saturated heterocycles. The SMILES string of the molecule is COc1ccc(OC)c(NC(=O)[C@H]2C3CCC(CC3)[C@@H]2C(=O)O)c1. The minimum atomic E-state index is -0.859. The molecular weight excluding hydrogens is 310 g/mol. The van der Waals surface area contributed by atoms with E-state index in [1.54, 1.807) is 25.3 Å². The number of benzene rings is 1. The van der Waals surface area contributed by atoms with E-state index in [4.69, 9.17) is 9.47 Å². The van der Waals surface area contributed by atoms with Gasteiger partial charge in [-0.3, -0.25) is 9.59 Å². The standard InChI is InChI=1S/C18H23NO5/c1-23-12-7-8-14(24-2)13(9-12)19-17(20)15-10-3-5-11(6-4-10)16(15)18(21)22/h7-11,15-16H,3-6H2,1-2H3,(H,19,20)(H,21,22)/t10?,11?,15-,16-/m0/s1. The third-order valence-corrected chi connectivity index (χ3v) is 5.47. The van der Waals surface area contributed by atoms with E-state index in [0.717, 1.165) is 25.7 Å². The van der Waals surface area contributed by atoms with Gasteiger partial charge >= 0.3 is 5.97 Å². The number of aliphatic carboxylic acids is 1. The second kappa shape index (κ2) is 6.71. The molecule has 3 saturated carbocycles. The lowest BCUT2D eigenvalue weighted by molar-refractivity contribution is -0.156. The number of amides is 1. The van der Waals surface area contributed by atoms with E-state index in [9.17, 15) is 14.7 Å². The average Bonchev–Trinajstić information content (AvgIpc) is 2.61. The first-order valence-electron chi connectivity index (χ1n) is 8.30. The largest absolute Gasteiger partial charge is 0.497 e. The molecule has 0 spiro atoms. The first-order chi connectivity index (χ1) is 11.5. The summed E-state index contributed by atoms with van der Waals surface area (Å²) in [6, 6.07) is 5.15. The van der Waals surface area contributed by atoms with Gasteiger partial charge in [-0.1, -0.05) is 0 Å². The van der Waals surface area contributed by atoms with Crippen molar-refractivity contribution < 1.29 is 24.2 Å². The van der Waals surface area contributed by atoms with E-state index in [1.807, 2.05) is 0 Å². The number of methoxy groups -OCH3 is 2. The van der Waals surface area contributed by atoms with Crippen LogP contribution in [-0.2, 0) is 9.59 Å².